The predicted octanol–water partition coefficient (Wildman–Crippen LogP) is 8.71. The standard InChI is InChI=1S/C29H20F8O2/c1-16-24(30)12-22(13-25(16)31)38-28(34,35)20-7-3-18(4-8-20)11-19-5-9-21(10-6-19)29(36,37)39-23-14-26(32)17(2)27(33)15-23/h3-10,12-15H,11H2,1-2H3. The van der Waals surface area contributed by atoms with Crippen molar-refractivity contribution in [1.29, 1.82) is 0 Å². The molecule has 0 aliphatic heterocycles. The van der Waals surface area contributed by atoms with Gasteiger partial charge < -0.3 is 9.47 Å². The molecule has 0 aliphatic rings. The van der Waals surface area contributed by atoms with E-state index < -0.39 is 58.1 Å². The van der Waals surface area contributed by atoms with Crippen molar-refractivity contribution in [2.75, 3.05) is 0 Å². The zero-order chi connectivity index (χ0) is 28.5. The van der Waals surface area contributed by atoms with E-state index in [9.17, 15) is 35.1 Å². The molecule has 10 heteroatoms. The summed E-state index contributed by atoms with van der Waals surface area (Å²) in [5.41, 5.74) is -0.660. The molecule has 0 fully saturated rings. The first-order valence-electron chi connectivity index (χ1n) is 11.5. The summed E-state index contributed by atoms with van der Waals surface area (Å²) in [4.78, 5) is 0. The fourth-order valence-electron chi connectivity index (χ4n) is 3.64. The summed E-state index contributed by atoms with van der Waals surface area (Å²) in [6.07, 6.45) is -7.57. The summed E-state index contributed by atoms with van der Waals surface area (Å²) in [5, 5.41) is 0. The van der Waals surface area contributed by atoms with E-state index in [4.69, 9.17) is 0 Å². The van der Waals surface area contributed by atoms with E-state index in [1.807, 2.05) is 0 Å². The van der Waals surface area contributed by atoms with E-state index in [0.717, 1.165) is 38.1 Å². The third-order valence-electron chi connectivity index (χ3n) is 5.99. The average molecular weight is 552 g/mol. The number of hydrogen-bond acceptors (Lipinski definition) is 2. The molecule has 0 amide bonds. The van der Waals surface area contributed by atoms with E-state index in [1.54, 1.807) is 0 Å². The SMILES string of the molecule is Cc1c(F)cc(OC(F)(F)c2ccc(Cc3ccc(C(F)(F)Oc4cc(F)c(C)c(F)c4)cc3)cc2)cc1F. The molecule has 0 unspecified atom stereocenters. The summed E-state index contributed by atoms with van der Waals surface area (Å²) >= 11 is 0. The van der Waals surface area contributed by atoms with Crippen LogP contribution >= 0.6 is 0 Å². The minimum Gasteiger partial charge on any atom is -0.429 e. The van der Waals surface area contributed by atoms with Crippen molar-refractivity contribution in [1.82, 2.24) is 0 Å². The first-order valence-corrected chi connectivity index (χ1v) is 11.5. The lowest BCUT2D eigenvalue weighted by Crippen LogP contribution is -2.22. The Labute approximate surface area is 218 Å². The molecule has 0 aromatic heterocycles. The average Bonchev–Trinajstić information content (AvgIpc) is 2.86. The highest BCUT2D eigenvalue weighted by Gasteiger charge is 2.36. The fraction of sp³-hybridized carbons (Fsp3) is 0.172. The molecule has 39 heavy (non-hydrogen) atoms. The Morgan fingerprint density at radius 1 is 0.513 bits per heavy atom. The summed E-state index contributed by atoms with van der Waals surface area (Å²) in [7, 11) is 0. The van der Waals surface area contributed by atoms with Gasteiger partial charge in [0, 0.05) is 35.4 Å². The van der Waals surface area contributed by atoms with Gasteiger partial charge in [-0.3, -0.25) is 0 Å². The van der Waals surface area contributed by atoms with Gasteiger partial charge in [-0.05, 0) is 55.7 Å². The number of alkyl halides is 4. The maximum absolute atomic E-state index is 14.5. The van der Waals surface area contributed by atoms with Gasteiger partial charge in [-0.15, -0.1) is 0 Å². The van der Waals surface area contributed by atoms with E-state index in [1.165, 1.54) is 24.3 Å². The molecule has 0 heterocycles. The van der Waals surface area contributed by atoms with Crippen LogP contribution in [0.2, 0.25) is 0 Å². The Morgan fingerprint density at radius 3 is 1.08 bits per heavy atom. The smallest absolute Gasteiger partial charge is 0.426 e. The van der Waals surface area contributed by atoms with Crippen molar-refractivity contribution >= 4 is 0 Å². The zero-order valence-corrected chi connectivity index (χ0v) is 20.5. The van der Waals surface area contributed by atoms with Gasteiger partial charge in [-0.2, -0.15) is 17.6 Å². The Bertz CT molecular complexity index is 1320. The molecular weight excluding hydrogens is 532 g/mol. The van der Waals surface area contributed by atoms with Crippen molar-refractivity contribution in [2.24, 2.45) is 0 Å². The molecule has 4 aromatic rings. The predicted molar refractivity (Wildman–Crippen MR) is 127 cm³/mol. The monoisotopic (exact) mass is 552 g/mol. The van der Waals surface area contributed by atoms with Crippen LogP contribution in [0.25, 0.3) is 0 Å². The summed E-state index contributed by atoms with van der Waals surface area (Å²) in [5.74, 6) is -5.45. The van der Waals surface area contributed by atoms with E-state index in [2.05, 4.69) is 9.47 Å². The second-order valence-corrected chi connectivity index (χ2v) is 8.83. The largest absolute Gasteiger partial charge is 0.429 e. The highest BCUT2D eigenvalue weighted by Crippen LogP contribution is 2.35. The highest BCUT2D eigenvalue weighted by molar-refractivity contribution is 5.35. The quantitative estimate of drug-likeness (QED) is 0.204. The van der Waals surface area contributed by atoms with Gasteiger partial charge in [0.2, 0.25) is 0 Å². The molecule has 0 saturated heterocycles. The molecule has 4 rings (SSSR count). The van der Waals surface area contributed by atoms with Gasteiger partial charge in [0.05, 0.1) is 11.1 Å². The van der Waals surface area contributed by atoms with Crippen LogP contribution in [0.5, 0.6) is 11.5 Å². The molecule has 0 spiro atoms. The highest BCUT2D eigenvalue weighted by atomic mass is 19.3. The molecule has 4 aromatic carbocycles. The molecule has 0 aliphatic carbocycles. The molecule has 204 valence electrons. The topological polar surface area (TPSA) is 18.5 Å². The Kier molecular flexibility index (Phi) is 7.59. The molecule has 2 nitrogen and oxygen atoms in total. The third kappa shape index (κ3) is 6.32. The Hall–Kier alpha value is -4.08. The number of rotatable bonds is 8. The number of halogens is 8. The van der Waals surface area contributed by atoms with Crippen LogP contribution in [-0.2, 0) is 18.6 Å². The maximum Gasteiger partial charge on any atom is 0.426 e. The van der Waals surface area contributed by atoms with Gasteiger partial charge in [0.15, 0.2) is 0 Å². The molecule has 0 saturated carbocycles. The van der Waals surface area contributed by atoms with Gasteiger partial charge in [-0.1, -0.05) is 24.3 Å². The van der Waals surface area contributed by atoms with Gasteiger partial charge in [0.25, 0.3) is 0 Å². The molecule has 0 atom stereocenters. The lowest BCUT2D eigenvalue weighted by molar-refractivity contribution is -0.186. The summed E-state index contributed by atoms with van der Waals surface area (Å²) in [6.45, 7) is 2.32. The molecule has 0 bridgehead atoms. The molecular formula is C29H20F8O2. The van der Waals surface area contributed by atoms with Crippen molar-refractivity contribution < 1.29 is 44.6 Å². The Morgan fingerprint density at radius 2 is 0.795 bits per heavy atom. The second-order valence-electron chi connectivity index (χ2n) is 8.83. The first-order chi connectivity index (χ1) is 18.2. The summed E-state index contributed by atoms with van der Waals surface area (Å²) in [6, 6.07) is 12.4. The van der Waals surface area contributed by atoms with Crippen LogP contribution in [0.4, 0.5) is 35.1 Å². The fourth-order valence-corrected chi connectivity index (χ4v) is 3.64. The van der Waals surface area contributed by atoms with Gasteiger partial charge in [-0.25, -0.2) is 17.6 Å². The lowest BCUT2D eigenvalue weighted by Gasteiger charge is -2.19. The summed E-state index contributed by atoms with van der Waals surface area (Å²) < 4.78 is 122. The van der Waals surface area contributed by atoms with Crippen molar-refractivity contribution in [3.05, 3.63) is 129 Å². The molecule has 0 radical (unpaired) electrons. The minimum atomic E-state index is -3.89. The van der Waals surface area contributed by atoms with Crippen LogP contribution in [0.15, 0.2) is 72.8 Å². The zero-order valence-electron chi connectivity index (χ0n) is 20.5. The number of benzene rings is 4. The van der Waals surface area contributed by atoms with Crippen LogP contribution in [0, 0.1) is 37.1 Å². The first kappa shape index (κ1) is 27.9. The van der Waals surface area contributed by atoms with Crippen molar-refractivity contribution in [3.63, 3.8) is 0 Å². The third-order valence-corrected chi connectivity index (χ3v) is 5.99. The van der Waals surface area contributed by atoms with Crippen LogP contribution < -0.4 is 9.47 Å². The second kappa shape index (κ2) is 10.6. The van der Waals surface area contributed by atoms with Crippen molar-refractivity contribution in [3.8, 4) is 11.5 Å². The van der Waals surface area contributed by atoms with E-state index in [0.29, 0.717) is 35.4 Å². The van der Waals surface area contributed by atoms with Crippen LogP contribution in [0.3, 0.4) is 0 Å². The van der Waals surface area contributed by atoms with Gasteiger partial charge >= 0.3 is 12.2 Å². The van der Waals surface area contributed by atoms with Crippen LogP contribution in [-0.4, -0.2) is 0 Å². The maximum atomic E-state index is 14.5. The molecule has 0 N–H and O–H groups in total. The van der Waals surface area contributed by atoms with Gasteiger partial charge in [0.1, 0.15) is 34.8 Å². The Balaban J connectivity index is 1.43. The normalized spacial score (nSPS) is 11.9. The van der Waals surface area contributed by atoms with Crippen LogP contribution in [0.1, 0.15) is 33.4 Å². The van der Waals surface area contributed by atoms with E-state index >= 15 is 0 Å². The van der Waals surface area contributed by atoms with Crippen molar-refractivity contribution in [2.45, 2.75) is 32.5 Å². The number of ether oxygens (including phenoxy) is 2. The number of hydrogen-bond donors (Lipinski definition) is 0. The van der Waals surface area contributed by atoms with E-state index in [-0.39, 0.29) is 17.5 Å². The lowest BCUT2D eigenvalue weighted by atomic mass is 10.0. The minimum absolute atomic E-state index is 0.197.